The number of hydrogen-bond acceptors (Lipinski definition) is 3. The number of ether oxygens (including phenoxy) is 1. The monoisotopic (exact) mass is 302 g/mol. The standard InChI is InChI=1S/C18H26N2O2/c1-2-22-17(21)19-14-10-18(11-15-19,20-12-6-7-13-20)16-8-4-3-5-9-16/h3-5,8-9H,2,6-7,10-15H2,1H3. The van der Waals surface area contributed by atoms with E-state index in [1.54, 1.807) is 0 Å². The van der Waals surface area contributed by atoms with Crippen LogP contribution in [-0.4, -0.2) is 48.7 Å². The Morgan fingerprint density at radius 3 is 2.32 bits per heavy atom. The summed E-state index contributed by atoms with van der Waals surface area (Å²) in [7, 11) is 0. The highest BCUT2D eigenvalue weighted by Gasteiger charge is 2.43. The maximum Gasteiger partial charge on any atom is 0.409 e. The SMILES string of the molecule is CCOC(=O)N1CCC(c2ccccc2)(N2CCCC2)CC1. The minimum atomic E-state index is -0.161. The fourth-order valence-corrected chi connectivity index (χ4v) is 3.96. The van der Waals surface area contributed by atoms with Crippen LogP contribution in [0.15, 0.2) is 30.3 Å². The van der Waals surface area contributed by atoms with Gasteiger partial charge >= 0.3 is 6.09 Å². The number of benzene rings is 1. The summed E-state index contributed by atoms with van der Waals surface area (Å²) in [5, 5.41) is 0. The Morgan fingerprint density at radius 1 is 1.09 bits per heavy atom. The van der Waals surface area contributed by atoms with Crippen molar-refractivity contribution in [2.24, 2.45) is 0 Å². The molecule has 2 fully saturated rings. The molecule has 0 saturated carbocycles. The van der Waals surface area contributed by atoms with Crippen LogP contribution in [0, 0.1) is 0 Å². The molecule has 0 aromatic heterocycles. The van der Waals surface area contributed by atoms with E-state index in [1.807, 2.05) is 11.8 Å². The summed E-state index contributed by atoms with van der Waals surface area (Å²) >= 11 is 0. The molecule has 0 atom stereocenters. The maximum absolute atomic E-state index is 12.0. The fraction of sp³-hybridized carbons (Fsp3) is 0.611. The van der Waals surface area contributed by atoms with Crippen LogP contribution in [0.25, 0.3) is 0 Å². The van der Waals surface area contributed by atoms with Gasteiger partial charge in [0.05, 0.1) is 6.61 Å². The van der Waals surface area contributed by atoms with Crippen LogP contribution >= 0.6 is 0 Å². The van der Waals surface area contributed by atoms with Crippen molar-refractivity contribution in [1.29, 1.82) is 0 Å². The number of carbonyl (C=O) groups is 1. The molecule has 0 bridgehead atoms. The van der Waals surface area contributed by atoms with E-state index in [0.717, 1.165) is 25.9 Å². The van der Waals surface area contributed by atoms with Gasteiger partial charge in [-0.1, -0.05) is 30.3 Å². The fourth-order valence-electron chi connectivity index (χ4n) is 3.96. The number of amides is 1. The van der Waals surface area contributed by atoms with Crippen LogP contribution in [-0.2, 0) is 10.3 Å². The summed E-state index contributed by atoms with van der Waals surface area (Å²) in [4.78, 5) is 16.5. The molecular weight excluding hydrogens is 276 g/mol. The van der Waals surface area contributed by atoms with Crippen molar-refractivity contribution in [1.82, 2.24) is 9.80 Å². The van der Waals surface area contributed by atoms with Crippen LogP contribution < -0.4 is 0 Å². The lowest BCUT2D eigenvalue weighted by molar-refractivity contribution is 0.0280. The Labute approximate surface area is 133 Å². The first kappa shape index (κ1) is 15.3. The number of nitrogens with zero attached hydrogens (tertiary/aromatic N) is 2. The third-order valence-electron chi connectivity index (χ3n) is 5.14. The molecule has 120 valence electrons. The van der Waals surface area contributed by atoms with E-state index in [9.17, 15) is 4.79 Å². The van der Waals surface area contributed by atoms with Gasteiger partial charge in [0.1, 0.15) is 0 Å². The molecule has 1 aromatic carbocycles. The largest absolute Gasteiger partial charge is 0.450 e. The molecule has 2 aliphatic rings. The van der Waals surface area contributed by atoms with Gasteiger partial charge in [0, 0.05) is 18.6 Å². The lowest BCUT2D eigenvalue weighted by Crippen LogP contribution is -2.53. The van der Waals surface area contributed by atoms with Crippen molar-refractivity contribution in [3.63, 3.8) is 0 Å². The van der Waals surface area contributed by atoms with Gasteiger partial charge < -0.3 is 9.64 Å². The highest BCUT2D eigenvalue weighted by Crippen LogP contribution is 2.40. The average molecular weight is 302 g/mol. The molecule has 4 nitrogen and oxygen atoms in total. The Hall–Kier alpha value is -1.55. The van der Waals surface area contributed by atoms with Crippen molar-refractivity contribution in [2.75, 3.05) is 32.8 Å². The smallest absolute Gasteiger partial charge is 0.409 e. The van der Waals surface area contributed by atoms with Gasteiger partial charge in [-0.3, -0.25) is 4.90 Å². The minimum Gasteiger partial charge on any atom is -0.450 e. The van der Waals surface area contributed by atoms with E-state index in [2.05, 4.69) is 35.2 Å². The van der Waals surface area contributed by atoms with E-state index in [-0.39, 0.29) is 11.6 Å². The summed E-state index contributed by atoms with van der Waals surface area (Å²) in [5.74, 6) is 0. The predicted molar refractivity (Wildman–Crippen MR) is 86.8 cm³/mol. The summed E-state index contributed by atoms with van der Waals surface area (Å²) in [6, 6.07) is 10.8. The second-order valence-electron chi connectivity index (χ2n) is 6.28. The van der Waals surface area contributed by atoms with Gasteiger partial charge in [-0.05, 0) is 51.3 Å². The number of carbonyl (C=O) groups excluding carboxylic acids is 1. The number of piperidine rings is 1. The Kier molecular flexibility index (Phi) is 4.67. The minimum absolute atomic E-state index is 0.0980. The average Bonchev–Trinajstić information content (AvgIpc) is 3.11. The summed E-state index contributed by atoms with van der Waals surface area (Å²) < 4.78 is 5.15. The molecule has 2 saturated heterocycles. The van der Waals surface area contributed by atoms with E-state index >= 15 is 0 Å². The molecule has 1 amide bonds. The molecule has 0 radical (unpaired) electrons. The Bertz CT molecular complexity index is 489. The molecule has 1 aromatic rings. The highest BCUT2D eigenvalue weighted by atomic mass is 16.6. The second-order valence-corrected chi connectivity index (χ2v) is 6.28. The third-order valence-corrected chi connectivity index (χ3v) is 5.14. The third kappa shape index (κ3) is 2.84. The van der Waals surface area contributed by atoms with Crippen LogP contribution in [0.1, 0.15) is 38.2 Å². The zero-order valence-corrected chi connectivity index (χ0v) is 13.5. The van der Waals surface area contributed by atoms with E-state index < -0.39 is 0 Å². The van der Waals surface area contributed by atoms with E-state index in [0.29, 0.717) is 6.61 Å². The molecular formula is C18H26N2O2. The van der Waals surface area contributed by atoms with Gasteiger partial charge in [-0.25, -0.2) is 4.79 Å². The van der Waals surface area contributed by atoms with Crippen molar-refractivity contribution in [3.8, 4) is 0 Å². The summed E-state index contributed by atoms with van der Waals surface area (Å²) in [5.41, 5.74) is 1.50. The van der Waals surface area contributed by atoms with E-state index in [4.69, 9.17) is 4.74 Å². The molecule has 3 rings (SSSR count). The van der Waals surface area contributed by atoms with Gasteiger partial charge in [-0.15, -0.1) is 0 Å². The van der Waals surface area contributed by atoms with Crippen LogP contribution in [0.5, 0.6) is 0 Å². The van der Waals surface area contributed by atoms with Crippen LogP contribution in [0.2, 0.25) is 0 Å². The van der Waals surface area contributed by atoms with Crippen LogP contribution in [0.3, 0.4) is 0 Å². The Morgan fingerprint density at radius 2 is 1.73 bits per heavy atom. The first-order valence-electron chi connectivity index (χ1n) is 8.48. The van der Waals surface area contributed by atoms with Crippen molar-refractivity contribution in [2.45, 2.75) is 38.1 Å². The predicted octanol–water partition coefficient (Wildman–Crippen LogP) is 3.23. The van der Waals surface area contributed by atoms with Gasteiger partial charge in [0.2, 0.25) is 0 Å². The number of hydrogen-bond donors (Lipinski definition) is 0. The number of rotatable bonds is 3. The van der Waals surface area contributed by atoms with Crippen LogP contribution in [0.4, 0.5) is 4.79 Å². The lowest BCUT2D eigenvalue weighted by atomic mass is 9.79. The molecule has 0 N–H and O–H groups in total. The second kappa shape index (κ2) is 6.69. The molecule has 4 heteroatoms. The van der Waals surface area contributed by atoms with Gasteiger partial charge in [-0.2, -0.15) is 0 Å². The molecule has 2 heterocycles. The summed E-state index contributed by atoms with van der Waals surface area (Å²) in [6.45, 7) is 6.22. The van der Waals surface area contributed by atoms with Crippen molar-refractivity contribution in [3.05, 3.63) is 35.9 Å². The van der Waals surface area contributed by atoms with Gasteiger partial charge in [0.15, 0.2) is 0 Å². The highest BCUT2D eigenvalue weighted by molar-refractivity contribution is 5.67. The van der Waals surface area contributed by atoms with Crippen molar-refractivity contribution >= 4 is 6.09 Å². The first-order chi connectivity index (χ1) is 10.8. The Balaban J connectivity index is 1.79. The first-order valence-corrected chi connectivity index (χ1v) is 8.48. The molecule has 0 spiro atoms. The zero-order valence-electron chi connectivity index (χ0n) is 13.5. The lowest BCUT2D eigenvalue weighted by Gasteiger charge is -2.47. The quantitative estimate of drug-likeness (QED) is 0.859. The maximum atomic E-state index is 12.0. The summed E-state index contributed by atoms with van der Waals surface area (Å²) in [6.07, 6.45) is 4.41. The van der Waals surface area contributed by atoms with Gasteiger partial charge in [0.25, 0.3) is 0 Å². The molecule has 0 unspecified atom stereocenters. The van der Waals surface area contributed by atoms with E-state index in [1.165, 1.54) is 31.5 Å². The molecule has 0 aliphatic carbocycles. The molecule has 2 aliphatic heterocycles. The normalized spacial score (nSPS) is 21.8. The van der Waals surface area contributed by atoms with Crippen molar-refractivity contribution < 1.29 is 9.53 Å². The zero-order chi connectivity index (χ0) is 15.4. The molecule has 22 heavy (non-hydrogen) atoms. The topological polar surface area (TPSA) is 32.8 Å². The number of likely N-dealkylation sites (tertiary alicyclic amines) is 2.